The highest BCUT2D eigenvalue weighted by atomic mass is 79.9. The van der Waals surface area contributed by atoms with Crippen LogP contribution in [0, 0.1) is 6.92 Å². The van der Waals surface area contributed by atoms with Crippen molar-refractivity contribution in [1.29, 1.82) is 0 Å². The molecule has 1 aromatic heterocycles. The summed E-state index contributed by atoms with van der Waals surface area (Å²) in [5, 5.41) is 7.07. The van der Waals surface area contributed by atoms with Crippen molar-refractivity contribution in [1.82, 2.24) is 19.8 Å². The number of halogens is 2. The van der Waals surface area contributed by atoms with E-state index >= 15 is 0 Å². The van der Waals surface area contributed by atoms with Gasteiger partial charge in [0, 0.05) is 64.2 Å². The fourth-order valence-electron chi connectivity index (χ4n) is 6.07. The Morgan fingerprint density at radius 2 is 1.78 bits per heavy atom. The van der Waals surface area contributed by atoms with E-state index in [1.54, 1.807) is 18.3 Å². The highest BCUT2D eigenvalue weighted by Crippen LogP contribution is 2.47. The molecule has 2 fully saturated rings. The van der Waals surface area contributed by atoms with Gasteiger partial charge < -0.3 is 29.9 Å². The first kappa shape index (κ1) is 31.9. The maximum absolute atomic E-state index is 12.5. The Balaban J connectivity index is 1.18. The van der Waals surface area contributed by atoms with Gasteiger partial charge in [-0.25, -0.2) is 13.4 Å². The van der Waals surface area contributed by atoms with Crippen molar-refractivity contribution in [2.24, 2.45) is 0 Å². The predicted octanol–water partition coefficient (Wildman–Crippen LogP) is 5.03. The molecule has 2 N–H and O–H groups in total. The molecule has 0 radical (unpaired) electrons. The standard InChI is InChI=1S/C30H38BrClN8O4S/c1-19-15-24(22(32)16-25(19)40-9-7-20(8-10-40)39-13-11-37(2)12-14-39)35-30-33-17-21(31)29(36-30)34-23-5-6-26-28(44-18-43-26)27(23)38(3)45(4,41)42/h5-6,15-17,20H,7-14,18H2,1-4H3,(H2,33,34,35,36). The molecule has 0 spiro atoms. The second-order valence-electron chi connectivity index (χ2n) is 11.7. The minimum Gasteiger partial charge on any atom is -0.454 e. The van der Waals surface area contributed by atoms with E-state index in [1.165, 1.54) is 7.05 Å². The Labute approximate surface area is 277 Å². The fourth-order valence-corrected chi connectivity index (χ4v) is 7.07. The second kappa shape index (κ2) is 13.0. The lowest BCUT2D eigenvalue weighted by Gasteiger charge is -2.43. The molecule has 0 aliphatic carbocycles. The summed E-state index contributed by atoms with van der Waals surface area (Å²) in [6.07, 6.45) is 5.04. The van der Waals surface area contributed by atoms with Crippen LogP contribution in [0.15, 0.2) is 34.9 Å². The smallest absolute Gasteiger partial charge is 0.232 e. The number of hydrogen-bond donors (Lipinski definition) is 2. The molecule has 2 saturated heterocycles. The van der Waals surface area contributed by atoms with Crippen LogP contribution in [0.25, 0.3) is 0 Å². The van der Waals surface area contributed by atoms with Gasteiger partial charge in [-0.2, -0.15) is 4.98 Å². The third kappa shape index (κ3) is 6.89. The number of aryl methyl sites for hydroxylation is 1. The lowest BCUT2D eigenvalue weighted by atomic mass is 10.0. The van der Waals surface area contributed by atoms with E-state index in [0.717, 1.165) is 73.9 Å². The first-order valence-electron chi connectivity index (χ1n) is 14.9. The third-order valence-electron chi connectivity index (χ3n) is 8.71. The first-order valence-corrected chi connectivity index (χ1v) is 17.9. The summed E-state index contributed by atoms with van der Waals surface area (Å²) < 4.78 is 37.8. The Morgan fingerprint density at radius 1 is 1.04 bits per heavy atom. The molecule has 15 heteroatoms. The molecule has 0 amide bonds. The number of fused-ring (bicyclic) bond motifs is 1. The summed E-state index contributed by atoms with van der Waals surface area (Å²) in [5.41, 5.74) is 3.73. The number of ether oxygens (including phenoxy) is 2. The summed E-state index contributed by atoms with van der Waals surface area (Å²) in [6, 6.07) is 8.13. The SMILES string of the molecule is Cc1cc(Nc2ncc(Br)c(Nc3ccc4c(c3N(C)S(C)(=O)=O)OCO4)n2)c(Cl)cc1N1CCC(N2CCN(C)CC2)CC1. The third-order valence-corrected chi connectivity index (χ3v) is 10.8. The quantitative estimate of drug-likeness (QED) is 0.327. The summed E-state index contributed by atoms with van der Waals surface area (Å²) in [7, 11) is 0.0565. The number of aromatic nitrogens is 2. The van der Waals surface area contributed by atoms with Crippen molar-refractivity contribution in [3.63, 3.8) is 0 Å². The van der Waals surface area contributed by atoms with Crippen molar-refractivity contribution in [2.45, 2.75) is 25.8 Å². The van der Waals surface area contributed by atoms with Gasteiger partial charge in [-0.15, -0.1) is 0 Å². The van der Waals surface area contributed by atoms with Gasteiger partial charge in [-0.1, -0.05) is 11.6 Å². The molecule has 45 heavy (non-hydrogen) atoms. The number of nitrogens with one attached hydrogen (secondary N) is 2. The van der Waals surface area contributed by atoms with Crippen LogP contribution in [-0.4, -0.2) is 101 Å². The number of piperidine rings is 1. The molecular formula is C30H38BrClN8O4S. The minimum atomic E-state index is -3.60. The number of rotatable bonds is 8. The number of anilines is 6. The average molecular weight is 722 g/mol. The number of piperazine rings is 1. The summed E-state index contributed by atoms with van der Waals surface area (Å²) >= 11 is 10.3. The lowest BCUT2D eigenvalue weighted by Crippen LogP contribution is -2.52. The van der Waals surface area contributed by atoms with Crippen LogP contribution in [0.4, 0.5) is 34.5 Å². The van der Waals surface area contributed by atoms with Gasteiger partial charge in [0.25, 0.3) is 0 Å². The molecule has 0 atom stereocenters. The number of benzene rings is 2. The molecule has 6 rings (SSSR count). The van der Waals surface area contributed by atoms with Gasteiger partial charge in [0.1, 0.15) is 11.5 Å². The molecule has 4 heterocycles. The van der Waals surface area contributed by atoms with E-state index in [9.17, 15) is 8.42 Å². The maximum Gasteiger partial charge on any atom is 0.232 e. The molecule has 0 bridgehead atoms. The van der Waals surface area contributed by atoms with Crippen LogP contribution < -0.4 is 29.3 Å². The Hall–Kier alpha value is -3.04. The first-order chi connectivity index (χ1) is 21.5. The highest BCUT2D eigenvalue weighted by Gasteiger charge is 2.29. The molecule has 0 saturated carbocycles. The second-order valence-corrected chi connectivity index (χ2v) is 15.0. The Bertz CT molecular complexity index is 1680. The van der Waals surface area contributed by atoms with Gasteiger partial charge in [-0.05, 0) is 72.6 Å². The van der Waals surface area contributed by atoms with E-state index in [0.29, 0.717) is 55.9 Å². The van der Waals surface area contributed by atoms with Crippen molar-refractivity contribution >= 4 is 72.1 Å². The molecule has 242 valence electrons. The molecule has 3 aliphatic heterocycles. The van der Waals surface area contributed by atoms with E-state index in [4.69, 9.17) is 21.1 Å². The number of likely N-dealkylation sites (N-methyl/N-ethyl adjacent to an activating group) is 1. The molecule has 2 aromatic carbocycles. The Kier molecular flexibility index (Phi) is 9.21. The summed E-state index contributed by atoms with van der Waals surface area (Å²) in [6.45, 7) is 8.69. The predicted molar refractivity (Wildman–Crippen MR) is 183 cm³/mol. The van der Waals surface area contributed by atoms with Crippen LogP contribution in [0.2, 0.25) is 5.02 Å². The van der Waals surface area contributed by atoms with Gasteiger partial charge in [0.15, 0.2) is 11.5 Å². The highest BCUT2D eigenvalue weighted by molar-refractivity contribution is 9.10. The zero-order chi connectivity index (χ0) is 31.9. The topological polar surface area (TPSA) is 115 Å². The fraction of sp³-hybridized carbons (Fsp3) is 0.467. The van der Waals surface area contributed by atoms with Crippen molar-refractivity contribution in [2.75, 3.05) is 86.3 Å². The van der Waals surface area contributed by atoms with Crippen LogP contribution in [0.1, 0.15) is 18.4 Å². The summed E-state index contributed by atoms with van der Waals surface area (Å²) in [4.78, 5) is 16.6. The maximum atomic E-state index is 12.5. The van der Waals surface area contributed by atoms with Crippen LogP contribution in [-0.2, 0) is 10.0 Å². The van der Waals surface area contributed by atoms with Crippen molar-refractivity contribution in [3.05, 3.63) is 45.5 Å². The minimum absolute atomic E-state index is 0.00249. The number of nitrogens with zero attached hydrogens (tertiary/aromatic N) is 6. The van der Waals surface area contributed by atoms with Crippen molar-refractivity contribution < 1.29 is 17.9 Å². The normalized spacial score (nSPS) is 17.9. The molecular weight excluding hydrogens is 684 g/mol. The van der Waals surface area contributed by atoms with E-state index in [2.05, 4.69) is 65.2 Å². The van der Waals surface area contributed by atoms with Crippen LogP contribution >= 0.6 is 27.5 Å². The lowest BCUT2D eigenvalue weighted by molar-refractivity contribution is 0.0982. The monoisotopic (exact) mass is 720 g/mol. The Morgan fingerprint density at radius 3 is 2.49 bits per heavy atom. The number of sulfonamides is 1. The largest absolute Gasteiger partial charge is 0.454 e. The van der Waals surface area contributed by atoms with Gasteiger partial charge in [0.2, 0.25) is 22.8 Å². The van der Waals surface area contributed by atoms with E-state index < -0.39 is 10.0 Å². The van der Waals surface area contributed by atoms with Crippen LogP contribution in [0.5, 0.6) is 11.5 Å². The zero-order valence-electron chi connectivity index (χ0n) is 25.8. The molecule has 3 aromatic rings. The molecule has 12 nitrogen and oxygen atoms in total. The summed E-state index contributed by atoms with van der Waals surface area (Å²) in [5.74, 6) is 1.54. The number of hydrogen-bond acceptors (Lipinski definition) is 11. The van der Waals surface area contributed by atoms with Crippen LogP contribution in [0.3, 0.4) is 0 Å². The van der Waals surface area contributed by atoms with Gasteiger partial charge in [-0.3, -0.25) is 9.21 Å². The molecule has 3 aliphatic rings. The zero-order valence-corrected chi connectivity index (χ0v) is 29.0. The van der Waals surface area contributed by atoms with E-state index in [1.807, 2.05) is 12.1 Å². The molecule has 0 unspecified atom stereocenters. The van der Waals surface area contributed by atoms with Gasteiger partial charge >= 0.3 is 0 Å². The van der Waals surface area contributed by atoms with Crippen molar-refractivity contribution in [3.8, 4) is 11.5 Å². The van der Waals surface area contributed by atoms with Gasteiger partial charge in [0.05, 0.1) is 27.1 Å². The van der Waals surface area contributed by atoms with E-state index in [-0.39, 0.29) is 6.79 Å². The average Bonchev–Trinajstić information content (AvgIpc) is 3.49.